The van der Waals surface area contributed by atoms with E-state index in [1.807, 2.05) is 47.5 Å². The molecule has 0 aliphatic heterocycles. The molecule has 2 amide bonds. The third-order valence-corrected chi connectivity index (χ3v) is 5.88. The van der Waals surface area contributed by atoms with Crippen LogP contribution in [0.5, 0.6) is 0 Å². The van der Waals surface area contributed by atoms with Gasteiger partial charge in [0.25, 0.3) is 0 Å². The molecule has 0 aliphatic carbocycles. The van der Waals surface area contributed by atoms with E-state index in [4.69, 9.17) is 4.74 Å². The highest BCUT2D eigenvalue weighted by atomic mass is 16.5. The van der Waals surface area contributed by atoms with Crippen LogP contribution in [-0.2, 0) is 19.1 Å². The van der Waals surface area contributed by atoms with Crippen molar-refractivity contribution in [2.45, 2.75) is 85.5 Å². The van der Waals surface area contributed by atoms with Crippen LogP contribution in [0.3, 0.4) is 0 Å². The quantitative estimate of drug-likeness (QED) is 0.453. The van der Waals surface area contributed by atoms with Gasteiger partial charge in [-0.15, -0.1) is 0 Å². The fraction of sp³-hybridized carbons (Fsp3) is 0.864. The lowest BCUT2D eigenvalue weighted by Gasteiger charge is -2.40. The van der Waals surface area contributed by atoms with Crippen molar-refractivity contribution >= 4 is 25.6 Å². The molecule has 0 aromatic heterocycles. The molecule has 8 heteroatoms. The van der Waals surface area contributed by atoms with E-state index in [0.29, 0.717) is 0 Å². The number of carbonyl (C=O) groups is 3. The highest BCUT2D eigenvalue weighted by Crippen LogP contribution is 2.23. The van der Waals surface area contributed by atoms with Crippen LogP contribution >= 0.6 is 0 Å². The van der Waals surface area contributed by atoms with Crippen molar-refractivity contribution in [2.24, 2.45) is 17.8 Å². The summed E-state index contributed by atoms with van der Waals surface area (Å²) in [5, 5.41) is 2.99. The number of amides is 2. The largest absolute Gasteiger partial charge is 0.379 e. The highest BCUT2D eigenvalue weighted by molar-refractivity contribution is 6.06. The minimum atomic E-state index is -0.648. The number of hydrogen-bond donors (Lipinski definition) is 1. The number of ether oxygens (including phenoxy) is 1. The predicted octanol–water partition coefficient (Wildman–Crippen LogP) is 1.50. The second-order valence-corrected chi connectivity index (χ2v) is 9.39. The van der Waals surface area contributed by atoms with Gasteiger partial charge in [-0.2, -0.15) is 0 Å². The van der Waals surface area contributed by atoms with Crippen molar-refractivity contribution in [2.75, 3.05) is 21.2 Å². The first kappa shape index (κ1) is 28.6. The summed E-state index contributed by atoms with van der Waals surface area (Å²) in [5.74, 6) is -0.113. The molecule has 30 heavy (non-hydrogen) atoms. The average Bonchev–Trinajstić information content (AvgIpc) is 2.63. The second kappa shape index (κ2) is 13.1. The molecule has 0 heterocycles. The lowest BCUT2D eigenvalue weighted by molar-refractivity contribution is -0.144. The Morgan fingerprint density at radius 1 is 1.03 bits per heavy atom. The number of hydrogen-bond acceptors (Lipinski definition) is 5. The first-order valence-electron chi connectivity index (χ1n) is 11.1. The first-order valence-corrected chi connectivity index (χ1v) is 11.1. The molecule has 174 valence electrons. The third kappa shape index (κ3) is 8.02. The molecule has 0 fully saturated rings. The van der Waals surface area contributed by atoms with Crippen molar-refractivity contribution in [3.63, 3.8) is 0 Å². The SMILES string of the molecule is BN(C)C(C(=O)NC(C(=O)N(C)C(C(C)CC)C(CC(C)=O)OC)C(C)C)C(C)C. The Balaban J connectivity index is 5.80. The third-order valence-electron chi connectivity index (χ3n) is 5.88. The van der Waals surface area contributed by atoms with Crippen LogP contribution in [0.2, 0.25) is 0 Å². The number of carbonyl (C=O) groups excluding carboxylic acids is 3. The summed E-state index contributed by atoms with van der Waals surface area (Å²) in [4.78, 5) is 41.8. The Kier molecular flexibility index (Phi) is 12.5. The molecule has 1 N–H and O–H groups in total. The van der Waals surface area contributed by atoms with Crippen molar-refractivity contribution < 1.29 is 19.1 Å². The lowest BCUT2D eigenvalue weighted by Crippen LogP contribution is -2.59. The zero-order chi connectivity index (χ0) is 23.8. The number of nitrogens with one attached hydrogen (secondary N) is 1. The van der Waals surface area contributed by atoms with E-state index >= 15 is 0 Å². The fourth-order valence-corrected chi connectivity index (χ4v) is 4.12. The number of Topliss-reactive ketones (excluding diaryl/α,β-unsaturated/α-hetero) is 1. The van der Waals surface area contributed by atoms with Gasteiger partial charge in [0.05, 0.1) is 18.2 Å². The standard InChI is InChI=1S/C22H44BN3O4/c1-11-15(6)20(17(30-10)12-16(7)27)25(8)22(29)18(13(2)3)24-21(28)19(14(4)5)26(9)23/h13-15,17-20H,11-12,23H2,1-10H3,(H,24,28). The van der Waals surface area contributed by atoms with E-state index in [1.54, 1.807) is 19.1 Å². The molecule has 5 unspecified atom stereocenters. The van der Waals surface area contributed by atoms with Gasteiger partial charge in [-0.05, 0) is 31.7 Å². The summed E-state index contributed by atoms with van der Waals surface area (Å²) in [6, 6.07) is -1.23. The van der Waals surface area contributed by atoms with Gasteiger partial charge >= 0.3 is 0 Å². The molecule has 0 spiro atoms. The second-order valence-electron chi connectivity index (χ2n) is 9.39. The monoisotopic (exact) mass is 425 g/mol. The van der Waals surface area contributed by atoms with E-state index < -0.39 is 6.04 Å². The van der Waals surface area contributed by atoms with Crippen LogP contribution in [0.4, 0.5) is 0 Å². The van der Waals surface area contributed by atoms with Gasteiger partial charge < -0.3 is 19.8 Å². The molecule has 0 rings (SSSR count). The number of methoxy groups -OCH3 is 1. The summed E-state index contributed by atoms with van der Waals surface area (Å²) < 4.78 is 5.63. The fourth-order valence-electron chi connectivity index (χ4n) is 4.12. The molecule has 0 aliphatic rings. The zero-order valence-corrected chi connectivity index (χ0v) is 21.0. The molecule has 5 atom stereocenters. The van der Waals surface area contributed by atoms with Crippen LogP contribution in [0, 0.1) is 17.8 Å². The van der Waals surface area contributed by atoms with Crippen molar-refractivity contribution in [1.82, 2.24) is 15.0 Å². The molecule has 7 nitrogen and oxygen atoms in total. The van der Waals surface area contributed by atoms with Gasteiger partial charge in [-0.1, -0.05) is 48.0 Å². The molecule has 0 radical (unpaired) electrons. The van der Waals surface area contributed by atoms with Gasteiger partial charge in [0.2, 0.25) is 11.8 Å². The smallest absolute Gasteiger partial charge is 0.245 e. The van der Waals surface area contributed by atoms with E-state index in [9.17, 15) is 14.4 Å². The van der Waals surface area contributed by atoms with Crippen LogP contribution in [0.25, 0.3) is 0 Å². The maximum absolute atomic E-state index is 13.5. The van der Waals surface area contributed by atoms with Crippen LogP contribution in [0.1, 0.15) is 61.3 Å². The summed E-state index contributed by atoms with van der Waals surface area (Å²) >= 11 is 0. The normalized spacial score (nSPS) is 16.8. The van der Waals surface area contributed by atoms with Gasteiger partial charge in [0, 0.05) is 20.6 Å². The Morgan fingerprint density at radius 3 is 1.90 bits per heavy atom. The number of likely N-dealkylation sites (N-methyl/N-ethyl adjacent to an activating group) is 2. The molecule has 0 aromatic rings. The topological polar surface area (TPSA) is 79.0 Å². The predicted molar refractivity (Wildman–Crippen MR) is 124 cm³/mol. The maximum atomic E-state index is 13.5. The number of nitrogens with zero attached hydrogens (tertiary/aromatic N) is 2. The number of rotatable bonds is 13. The van der Waals surface area contributed by atoms with Gasteiger partial charge in [-0.3, -0.25) is 14.4 Å². The summed E-state index contributed by atoms with van der Waals surface area (Å²) in [6.45, 7) is 13.5. The van der Waals surface area contributed by atoms with E-state index in [0.717, 1.165) is 6.42 Å². The van der Waals surface area contributed by atoms with Gasteiger partial charge in [0.1, 0.15) is 11.8 Å². The van der Waals surface area contributed by atoms with E-state index in [2.05, 4.69) is 19.2 Å². The molecule has 0 saturated heterocycles. The summed E-state index contributed by atoms with van der Waals surface area (Å²) in [6.07, 6.45) is 0.701. The molecule has 0 saturated carbocycles. The van der Waals surface area contributed by atoms with Gasteiger partial charge in [0.15, 0.2) is 7.98 Å². The van der Waals surface area contributed by atoms with E-state index in [-0.39, 0.29) is 60.0 Å². The molecular formula is C22H44BN3O4. The average molecular weight is 425 g/mol. The van der Waals surface area contributed by atoms with Crippen LogP contribution < -0.4 is 5.32 Å². The Morgan fingerprint density at radius 2 is 1.57 bits per heavy atom. The highest BCUT2D eigenvalue weighted by Gasteiger charge is 2.38. The van der Waals surface area contributed by atoms with Crippen molar-refractivity contribution in [1.29, 1.82) is 0 Å². The lowest BCUT2D eigenvalue weighted by atomic mass is 9.89. The van der Waals surface area contributed by atoms with E-state index in [1.165, 1.54) is 6.92 Å². The molecule has 0 aromatic carbocycles. The molecular weight excluding hydrogens is 381 g/mol. The Hall–Kier alpha value is -1.41. The minimum Gasteiger partial charge on any atom is -0.379 e. The Labute approximate surface area is 184 Å². The van der Waals surface area contributed by atoms with Crippen molar-refractivity contribution in [3.8, 4) is 0 Å². The van der Waals surface area contributed by atoms with Crippen LogP contribution in [0.15, 0.2) is 0 Å². The first-order chi connectivity index (χ1) is 13.8. The molecule has 0 bridgehead atoms. The Bertz CT molecular complexity index is 561. The summed E-state index contributed by atoms with van der Waals surface area (Å²) in [5.41, 5.74) is 0. The number of ketones is 1. The van der Waals surface area contributed by atoms with Crippen LogP contribution in [-0.4, -0.2) is 80.7 Å². The minimum absolute atomic E-state index is 0.0236. The van der Waals surface area contributed by atoms with Crippen molar-refractivity contribution in [3.05, 3.63) is 0 Å². The summed E-state index contributed by atoms with van der Waals surface area (Å²) in [7, 11) is 7.06. The zero-order valence-electron chi connectivity index (χ0n) is 21.0. The van der Waals surface area contributed by atoms with Gasteiger partial charge in [-0.25, -0.2) is 0 Å². The maximum Gasteiger partial charge on any atom is 0.245 e.